The Balaban J connectivity index is 2.87. The number of pyridine rings is 1. The Morgan fingerprint density at radius 2 is 2.14 bits per heavy atom. The zero-order valence-corrected chi connectivity index (χ0v) is 9.09. The monoisotopic (exact) mass is 253 g/mol. The van der Waals surface area contributed by atoms with E-state index in [0.29, 0.717) is 5.75 Å². The highest BCUT2D eigenvalue weighted by Gasteiger charge is 2.03. The molecule has 0 saturated carbocycles. The highest BCUT2D eigenvalue weighted by molar-refractivity contribution is 9.10. The minimum absolute atomic E-state index is 0.160. The van der Waals surface area contributed by atoms with E-state index in [2.05, 4.69) is 20.9 Å². The van der Waals surface area contributed by atoms with Crippen LogP contribution in [0.3, 0.4) is 0 Å². The van der Waals surface area contributed by atoms with Gasteiger partial charge >= 0.3 is 0 Å². The van der Waals surface area contributed by atoms with E-state index < -0.39 is 0 Å². The lowest BCUT2D eigenvalue weighted by atomic mass is 10.2. The molecule has 72 valence electrons. The molecule has 0 radical (unpaired) electrons. The van der Waals surface area contributed by atoms with E-state index in [1.54, 1.807) is 7.11 Å². The maximum absolute atomic E-state index is 11.2. The molecule has 0 aliphatic rings. The molecule has 3 nitrogen and oxygen atoms in total. The topological polar surface area (TPSA) is 42.1 Å². The second-order valence-electron chi connectivity index (χ2n) is 2.89. The molecule has 2 rings (SSSR count). The third-order valence-electron chi connectivity index (χ3n) is 1.99. The van der Waals surface area contributed by atoms with Crippen LogP contribution in [0.1, 0.15) is 0 Å². The number of aromatic nitrogens is 1. The maximum atomic E-state index is 11.2. The standard InChI is InChI=1S/C10H8BrNO2/c1-14-9-5-10(13)12-8-4-6(11)2-3-7(8)9/h2-5H,1H3,(H,12,13). The van der Waals surface area contributed by atoms with Crippen LogP contribution in [0, 0.1) is 0 Å². The van der Waals surface area contributed by atoms with Crippen LogP contribution in [0.4, 0.5) is 0 Å². The summed E-state index contributed by atoms with van der Waals surface area (Å²) >= 11 is 3.34. The van der Waals surface area contributed by atoms with Crippen LogP contribution in [-0.2, 0) is 0 Å². The van der Waals surface area contributed by atoms with Gasteiger partial charge in [0, 0.05) is 15.9 Å². The van der Waals surface area contributed by atoms with Crippen molar-refractivity contribution in [1.82, 2.24) is 4.98 Å². The van der Waals surface area contributed by atoms with Gasteiger partial charge in [0.25, 0.3) is 5.56 Å². The number of ether oxygens (including phenoxy) is 1. The molecule has 0 amide bonds. The zero-order valence-electron chi connectivity index (χ0n) is 7.50. The Labute approximate surface area is 88.8 Å². The van der Waals surface area contributed by atoms with Crippen molar-refractivity contribution in [2.45, 2.75) is 0 Å². The summed E-state index contributed by atoms with van der Waals surface area (Å²) in [4.78, 5) is 14.0. The highest BCUT2D eigenvalue weighted by Crippen LogP contribution is 2.24. The number of halogens is 1. The normalized spacial score (nSPS) is 10.4. The van der Waals surface area contributed by atoms with Gasteiger partial charge in [-0.25, -0.2) is 0 Å². The number of hydrogen-bond donors (Lipinski definition) is 1. The first-order valence-corrected chi connectivity index (χ1v) is 4.86. The lowest BCUT2D eigenvalue weighted by Gasteiger charge is -2.04. The summed E-state index contributed by atoms with van der Waals surface area (Å²) in [5, 5.41) is 0.898. The van der Waals surface area contributed by atoms with Gasteiger partial charge in [0.1, 0.15) is 5.75 Å². The number of fused-ring (bicyclic) bond motifs is 1. The van der Waals surface area contributed by atoms with Crippen LogP contribution in [0.25, 0.3) is 10.9 Å². The van der Waals surface area contributed by atoms with E-state index in [4.69, 9.17) is 4.74 Å². The lowest BCUT2D eigenvalue weighted by Crippen LogP contribution is -2.04. The average Bonchev–Trinajstić information content (AvgIpc) is 2.15. The summed E-state index contributed by atoms with van der Waals surface area (Å²) in [6.45, 7) is 0. The van der Waals surface area contributed by atoms with Crippen molar-refractivity contribution in [3.63, 3.8) is 0 Å². The van der Waals surface area contributed by atoms with Gasteiger partial charge in [0.2, 0.25) is 0 Å². The molecule has 0 atom stereocenters. The third kappa shape index (κ3) is 1.53. The van der Waals surface area contributed by atoms with Gasteiger partial charge in [-0.05, 0) is 18.2 Å². The molecule has 14 heavy (non-hydrogen) atoms. The van der Waals surface area contributed by atoms with Crippen LogP contribution in [-0.4, -0.2) is 12.1 Å². The van der Waals surface area contributed by atoms with E-state index >= 15 is 0 Å². The van der Waals surface area contributed by atoms with E-state index in [1.807, 2.05) is 18.2 Å². The predicted molar refractivity (Wildman–Crippen MR) is 58.8 cm³/mol. The van der Waals surface area contributed by atoms with Crippen molar-refractivity contribution in [2.24, 2.45) is 0 Å². The number of aromatic amines is 1. The highest BCUT2D eigenvalue weighted by atomic mass is 79.9. The molecule has 0 bridgehead atoms. The Morgan fingerprint density at radius 1 is 1.36 bits per heavy atom. The zero-order chi connectivity index (χ0) is 10.1. The van der Waals surface area contributed by atoms with Gasteiger partial charge in [-0.1, -0.05) is 15.9 Å². The molecule has 0 aliphatic heterocycles. The Morgan fingerprint density at radius 3 is 2.86 bits per heavy atom. The fraction of sp³-hybridized carbons (Fsp3) is 0.100. The molecule has 0 unspecified atom stereocenters. The van der Waals surface area contributed by atoms with E-state index in [1.165, 1.54) is 6.07 Å². The molecular weight excluding hydrogens is 246 g/mol. The number of benzene rings is 1. The lowest BCUT2D eigenvalue weighted by molar-refractivity contribution is 0.419. The first kappa shape index (κ1) is 9.27. The van der Waals surface area contributed by atoms with E-state index in [-0.39, 0.29) is 5.56 Å². The first-order chi connectivity index (χ1) is 6.70. The van der Waals surface area contributed by atoms with E-state index in [9.17, 15) is 4.79 Å². The predicted octanol–water partition coefficient (Wildman–Crippen LogP) is 2.30. The van der Waals surface area contributed by atoms with Gasteiger partial charge in [-0.3, -0.25) is 4.79 Å². The number of nitrogens with one attached hydrogen (secondary N) is 1. The average molecular weight is 254 g/mol. The summed E-state index contributed by atoms with van der Waals surface area (Å²) in [6.07, 6.45) is 0. The van der Waals surface area contributed by atoms with E-state index in [0.717, 1.165) is 15.4 Å². The molecule has 1 heterocycles. The number of H-pyrrole nitrogens is 1. The molecule has 2 aromatic rings. The van der Waals surface area contributed by atoms with Crippen LogP contribution in [0.5, 0.6) is 5.75 Å². The molecule has 4 heteroatoms. The van der Waals surface area contributed by atoms with Crippen LogP contribution in [0.15, 0.2) is 33.5 Å². The SMILES string of the molecule is COc1cc(=O)[nH]c2cc(Br)ccc12. The van der Waals surface area contributed by atoms with Crippen LogP contribution >= 0.6 is 15.9 Å². The number of hydrogen-bond acceptors (Lipinski definition) is 2. The molecule has 1 aromatic heterocycles. The summed E-state index contributed by atoms with van der Waals surface area (Å²) in [6, 6.07) is 7.09. The van der Waals surface area contributed by atoms with Gasteiger partial charge in [-0.15, -0.1) is 0 Å². The van der Waals surface area contributed by atoms with Crippen LogP contribution in [0.2, 0.25) is 0 Å². The van der Waals surface area contributed by atoms with Gasteiger partial charge in [0.05, 0.1) is 12.6 Å². The fourth-order valence-electron chi connectivity index (χ4n) is 1.37. The molecule has 0 fully saturated rings. The number of methoxy groups -OCH3 is 1. The summed E-state index contributed by atoms with van der Waals surface area (Å²) in [7, 11) is 1.55. The van der Waals surface area contributed by atoms with Crippen molar-refractivity contribution in [3.8, 4) is 5.75 Å². The minimum atomic E-state index is -0.160. The second kappa shape index (κ2) is 3.46. The molecule has 0 aliphatic carbocycles. The smallest absolute Gasteiger partial charge is 0.252 e. The van der Waals surface area contributed by atoms with Crippen molar-refractivity contribution in [3.05, 3.63) is 39.1 Å². The largest absolute Gasteiger partial charge is 0.496 e. The van der Waals surface area contributed by atoms with Gasteiger partial charge in [0.15, 0.2) is 0 Å². The molecule has 0 spiro atoms. The molecule has 1 aromatic carbocycles. The second-order valence-corrected chi connectivity index (χ2v) is 3.81. The number of rotatable bonds is 1. The van der Waals surface area contributed by atoms with Gasteiger partial charge < -0.3 is 9.72 Å². The summed E-state index contributed by atoms with van der Waals surface area (Å²) in [5.74, 6) is 0.594. The van der Waals surface area contributed by atoms with Crippen molar-refractivity contribution in [2.75, 3.05) is 7.11 Å². The Bertz CT molecular complexity index is 533. The first-order valence-electron chi connectivity index (χ1n) is 4.07. The molecule has 0 saturated heterocycles. The molecular formula is C10H8BrNO2. The fourth-order valence-corrected chi connectivity index (χ4v) is 1.73. The van der Waals surface area contributed by atoms with Crippen molar-refractivity contribution < 1.29 is 4.74 Å². The third-order valence-corrected chi connectivity index (χ3v) is 2.48. The summed E-state index contributed by atoms with van der Waals surface area (Å²) in [5.41, 5.74) is 0.608. The van der Waals surface area contributed by atoms with Crippen molar-refractivity contribution >= 4 is 26.8 Å². The Hall–Kier alpha value is -1.29. The Kier molecular flexibility index (Phi) is 2.29. The van der Waals surface area contributed by atoms with Crippen molar-refractivity contribution in [1.29, 1.82) is 0 Å². The maximum Gasteiger partial charge on any atom is 0.252 e. The minimum Gasteiger partial charge on any atom is -0.496 e. The van der Waals surface area contributed by atoms with Gasteiger partial charge in [-0.2, -0.15) is 0 Å². The molecule has 1 N–H and O–H groups in total. The van der Waals surface area contributed by atoms with Crippen LogP contribution < -0.4 is 10.3 Å². The quantitative estimate of drug-likeness (QED) is 0.848. The summed E-state index contributed by atoms with van der Waals surface area (Å²) < 4.78 is 6.04.